The molecule has 12 heavy (non-hydrogen) atoms. The molecule has 0 spiro atoms. The molecule has 0 bridgehead atoms. The number of hydrogen-bond donors (Lipinski definition) is 0. The van der Waals surface area contributed by atoms with Gasteiger partial charge in [0, 0.05) is 5.33 Å². The molecular weight excluding hydrogens is 263 g/mol. The van der Waals surface area contributed by atoms with Gasteiger partial charge in [-0.1, -0.05) is 39.1 Å². The first-order valence-electron chi connectivity index (χ1n) is 3.47. The minimum atomic E-state index is 0.393. The molecule has 0 amide bonds. The molecule has 0 aliphatic carbocycles. The predicted octanol–water partition coefficient (Wildman–Crippen LogP) is 3.11. The van der Waals surface area contributed by atoms with Gasteiger partial charge < -0.3 is 0 Å². The Morgan fingerprint density at radius 2 is 2.08 bits per heavy atom. The Morgan fingerprint density at radius 1 is 1.33 bits per heavy atom. The highest BCUT2D eigenvalue weighted by Crippen LogP contribution is 2.17. The molecule has 0 fully saturated rings. The van der Waals surface area contributed by atoms with Crippen molar-refractivity contribution in [3.63, 3.8) is 0 Å². The molecule has 0 radical (unpaired) electrons. The van der Waals surface area contributed by atoms with Crippen molar-refractivity contribution >= 4 is 39.1 Å². The van der Waals surface area contributed by atoms with Crippen LogP contribution in [0.25, 0.3) is 0 Å². The van der Waals surface area contributed by atoms with Crippen molar-refractivity contribution in [2.45, 2.75) is 12.8 Å². The standard InChI is InChI=1S/C7H7BrCl2N2/c8-3-1-2-5-4-6(9)11-12-7(5)10/h4H,1-3H2. The number of aryl methyl sites for hydroxylation is 1. The fourth-order valence-electron chi connectivity index (χ4n) is 0.821. The minimum absolute atomic E-state index is 0.393. The van der Waals surface area contributed by atoms with Crippen LogP contribution >= 0.6 is 39.1 Å². The van der Waals surface area contributed by atoms with Crippen LogP contribution in [0.5, 0.6) is 0 Å². The van der Waals surface area contributed by atoms with Crippen molar-refractivity contribution in [3.8, 4) is 0 Å². The third-order valence-corrected chi connectivity index (χ3v) is 2.44. The van der Waals surface area contributed by atoms with Crippen LogP contribution in [0.3, 0.4) is 0 Å². The lowest BCUT2D eigenvalue weighted by Gasteiger charge is -2.00. The third kappa shape index (κ3) is 2.88. The Labute approximate surface area is 89.4 Å². The predicted molar refractivity (Wildman–Crippen MR) is 54.2 cm³/mol. The van der Waals surface area contributed by atoms with E-state index >= 15 is 0 Å². The summed E-state index contributed by atoms with van der Waals surface area (Å²) < 4.78 is 0. The quantitative estimate of drug-likeness (QED) is 0.788. The molecular formula is C7H7BrCl2N2. The Bertz CT molecular complexity index is 268. The van der Waals surface area contributed by atoms with Gasteiger partial charge in [0.05, 0.1) is 0 Å². The highest BCUT2D eigenvalue weighted by molar-refractivity contribution is 9.09. The zero-order valence-electron chi connectivity index (χ0n) is 6.23. The van der Waals surface area contributed by atoms with E-state index in [2.05, 4.69) is 26.1 Å². The average molecular weight is 270 g/mol. The molecule has 0 aliphatic heterocycles. The average Bonchev–Trinajstić information content (AvgIpc) is 2.07. The van der Waals surface area contributed by atoms with Gasteiger partial charge in [0.1, 0.15) is 0 Å². The SMILES string of the molecule is Clc1cc(CCCBr)c(Cl)nn1. The highest BCUT2D eigenvalue weighted by atomic mass is 79.9. The van der Waals surface area contributed by atoms with Crippen LogP contribution in [-0.4, -0.2) is 15.5 Å². The number of rotatable bonds is 3. The summed E-state index contributed by atoms with van der Waals surface area (Å²) in [5.74, 6) is 0. The van der Waals surface area contributed by atoms with Crippen LogP contribution in [-0.2, 0) is 6.42 Å². The molecule has 1 aromatic rings. The third-order valence-electron chi connectivity index (χ3n) is 1.37. The van der Waals surface area contributed by atoms with E-state index in [0.717, 1.165) is 23.7 Å². The van der Waals surface area contributed by atoms with E-state index in [9.17, 15) is 0 Å². The molecule has 5 heteroatoms. The number of hydrogen-bond acceptors (Lipinski definition) is 2. The maximum Gasteiger partial charge on any atom is 0.155 e. The first-order chi connectivity index (χ1) is 5.74. The van der Waals surface area contributed by atoms with Gasteiger partial charge >= 0.3 is 0 Å². The summed E-state index contributed by atoms with van der Waals surface area (Å²) in [6, 6.07) is 1.75. The Morgan fingerprint density at radius 3 is 2.75 bits per heavy atom. The Kier molecular flexibility index (Phi) is 4.26. The summed E-state index contributed by atoms with van der Waals surface area (Å²) in [7, 11) is 0. The molecule has 1 heterocycles. The molecule has 1 aromatic heterocycles. The highest BCUT2D eigenvalue weighted by Gasteiger charge is 2.02. The first kappa shape index (κ1) is 10.2. The second-order valence-corrected chi connectivity index (χ2v) is 3.81. The van der Waals surface area contributed by atoms with E-state index in [1.165, 1.54) is 0 Å². The van der Waals surface area contributed by atoms with Crippen molar-refractivity contribution < 1.29 is 0 Å². The largest absolute Gasteiger partial charge is 0.155 e. The van der Waals surface area contributed by atoms with Gasteiger partial charge in [-0.3, -0.25) is 0 Å². The lowest BCUT2D eigenvalue weighted by Crippen LogP contribution is -1.92. The summed E-state index contributed by atoms with van der Waals surface area (Å²) in [6.07, 6.45) is 1.89. The fourth-order valence-corrected chi connectivity index (χ4v) is 1.46. The van der Waals surface area contributed by atoms with Crippen LogP contribution in [0.2, 0.25) is 10.3 Å². The maximum atomic E-state index is 5.78. The van der Waals surface area contributed by atoms with E-state index in [0.29, 0.717) is 10.3 Å². The van der Waals surface area contributed by atoms with Crippen LogP contribution < -0.4 is 0 Å². The van der Waals surface area contributed by atoms with Gasteiger partial charge in [-0.25, -0.2) is 0 Å². The normalized spacial score (nSPS) is 10.2. The summed E-state index contributed by atoms with van der Waals surface area (Å²) >= 11 is 14.8. The summed E-state index contributed by atoms with van der Waals surface area (Å²) in [4.78, 5) is 0. The molecule has 1 rings (SSSR count). The lowest BCUT2D eigenvalue weighted by atomic mass is 10.2. The van der Waals surface area contributed by atoms with Crippen molar-refractivity contribution in [1.29, 1.82) is 0 Å². The topological polar surface area (TPSA) is 25.8 Å². The monoisotopic (exact) mass is 268 g/mol. The van der Waals surface area contributed by atoms with E-state index < -0.39 is 0 Å². The molecule has 0 aromatic carbocycles. The molecule has 0 saturated carbocycles. The molecule has 0 aliphatic rings. The van der Waals surface area contributed by atoms with Crippen LogP contribution in [0.15, 0.2) is 6.07 Å². The second-order valence-electron chi connectivity index (χ2n) is 2.28. The minimum Gasteiger partial charge on any atom is -0.137 e. The molecule has 2 nitrogen and oxygen atoms in total. The zero-order chi connectivity index (χ0) is 8.97. The van der Waals surface area contributed by atoms with Crippen molar-refractivity contribution in [1.82, 2.24) is 10.2 Å². The van der Waals surface area contributed by atoms with Gasteiger partial charge in [0.15, 0.2) is 10.3 Å². The van der Waals surface area contributed by atoms with E-state index in [-0.39, 0.29) is 0 Å². The van der Waals surface area contributed by atoms with Gasteiger partial charge in [0.25, 0.3) is 0 Å². The smallest absolute Gasteiger partial charge is 0.137 e. The van der Waals surface area contributed by atoms with E-state index in [1.54, 1.807) is 6.07 Å². The van der Waals surface area contributed by atoms with Gasteiger partial charge in [0.2, 0.25) is 0 Å². The number of alkyl halides is 1. The molecule has 0 unspecified atom stereocenters. The Balaban J connectivity index is 2.75. The van der Waals surface area contributed by atoms with Crippen LogP contribution in [0.4, 0.5) is 0 Å². The lowest BCUT2D eigenvalue weighted by molar-refractivity contribution is 0.905. The second kappa shape index (κ2) is 5.00. The number of aromatic nitrogens is 2. The van der Waals surface area contributed by atoms with Crippen molar-refractivity contribution in [2.24, 2.45) is 0 Å². The van der Waals surface area contributed by atoms with Gasteiger partial charge in [-0.05, 0) is 24.5 Å². The zero-order valence-corrected chi connectivity index (χ0v) is 9.32. The molecule has 66 valence electrons. The number of nitrogens with zero attached hydrogens (tertiary/aromatic N) is 2. The molecule has 0 N–H and O–H groups in total. The van der Waals surface area contributed by atoms with Crippen molar-refractivity contribution in [2.75, 3.05) is 5.33 Å². The van der Waals surface area contributed by atoms with Crippen LogP contribution in [0, 0.1) is 0 Å². The van der Waals surface area contributed by atoms with Gasteiger partial charge in [-0.2, -0.15) is 0 Å². The van der Waals surface area contributed by atoms with Gasteiger partial charge in [-0.15, -0.1) is 10.2 Å². The molecule has 0 atom stereocenters. The van der Waals surface area contributed by atoms with Crippen LogP contribution in [0.1, 0.15) is 12.0 Å². The van der Waals surface area contributed by atoms with E-state index in [1.807, 2.05) is 0 Å². The summed E-state index contributed by atoms with van der Waals surface area (Å²) in [5, 5.41) is 9.10. The van der Waals surface area contributed by atoms with Crippen molar-refractivity contribution in [3.05, 3.63) is 21.9 Å². The first-order valence-corrected chi connectivity index (χ1v) is 5.35. The number of halogens is 3. The molecule has 0 saturated heterocycles. The maximum absolute atomic E-state index is 5.78. The fraction of sp³-hybridized carbons (Fsp3) is 0.429. The summed E-state index contributed by atoms with van der Waals surface area (Å²) in [6.45, 7) is 0. The summed E-state index contributed by atoms with van der Waals surface area (Å²) in [5.41, 5.74) is 0.955. The van der Waals surface area contributed by atoms with E-state index in [4.69, 9.17) is 23.2 Å². The Hall–Kier alpha value is 0.140.